The molecule has 0 spiro atoms. The lowest BCUT2D eigenvalue weighted by molar-refractivity contribution is 1.34. The van der Waals surface area contributed by atoms with Gasteiger partial charge in [-0.1, -0.05) is 36.4 Å². The van der Waals surface area contributed by atoms with Crippen molar-refractivity contribution in [1.82, 2.24) is 0 Å². The summed E-state index contributed by atoms with van der Waals surface area (Å²) in [6.07, 6.45) is 0. The maximum absolute atomic E-state index is 5.46. The molecule has 0 saturated carbocycles. The summed E-state index contributed by atoms with van der Waals surface area (Å²) in [5, 5.41) is 0. The number of hydrogen-bond acceptors (Lipinski definition) is 2. The van der Waals surface area contributed by atoms with E-state index in [0.717, 1.165) is 5.69 Å². The summed E-state index contributed by atoms with van der Waals surface area (Å²) in [5.74, 6) is 5.46. The van der Waals surface area contributed by atoms with Crippen LogP contribution in [0.25, 0.3) is 22.3 Å². The number of benzene rings is 2. The molecule has 0 heterocycles. The van der Waals surface area contributed by atoms with Crippen molar-refractivity contribution in [2.75, 3.05) is 5.43 Å². The zero-order valence-corrected chi connectivity index (χ0v) is 7.62. The first kappa shape index (κ1) is 7.59. The predicted molar refractivity (Wildman–Crippen MR) is 58.7 cm³/mol. The molecule has 2 nitrogen and oxygen atoms in total. The molecule has 2 heteroatoms. The minimum atomic E-state index is 1.00. The third-order valence-corrected chi connectivity index (χ3v) is 2.71. The van der Waals surface area contributed by atoms with Crippen molar-refractivity contribution in [2.24, 2.45) is 5.84 Å². The zero-order valence-electron chi connectivity index (χ0n) is 7.62. The van der Waals surface area contributed by atoms with Crippen LogP contribution in [0.15, 0.2) is 42.5 Å². The van der Waals surface area contributed by atoms with Crippen LogP contribution in [0.1, 0.15) is 0 Å². The third-order valence-electron chi connectivity index (χ3n) is 2.71. The van der Waals surface area contributed by atoms with E-state index in [0.29, 0.717) is 0 Å². The average molecular weight is 182 g/mol. The van der Waals surface area contributed by atoms with Gasteiger partial charge in [0.2, 0.25) is 0 Å². The van der Waals surface area contributed by atoms with Gasteiger partial charge >= 0.3 is 0 Å². The van der Waals surface area contributed by atoms with Crippen LogP contribution >= 0.6 is 0 Å². The summed E-state index contributed by atoms with van der Waals surface area (Å²) in [6, 6.07) is 14.5. The number of nitrogens with two attached hydrogens (primary N) is 1. The highest BCUT2D eigenvalue weighted by Crippen LogP contribution is 2.50. The van der Waals surface area contributed by atoms with Gasteiger partial charge in [0.05, 0.1) is 5.69 Å². The molecule has 1 aliphatic carbocycles. The van der Waals surface area contributed by atoms with Gasteiger partial charge in [-0.15, -0.1) is 0 Å². The summed E-state index contributed by atoms with van der Waals surface area (Å²) in [6.45, 7) is 0. The molecular formula is C12H10N2. The highest BCUT2D eigenvalue weighted by molar-refractivity contribution is 6.07. The maximum Gasteiger partial charge on any atom is 0.0569 e. The summed E-state index contributed by atoms with van der Waals surface area (Å²) >= 11 is 0. The fraction of sp³-hybridized carbons (Fsp3) is 0. The second-order valence-electron chi connectivity index (χ2n) is 3.42. The van der Waals surface area contributed by atoms with Gasteiger partial charge in [0.1, 0.15) is 0 Å². The van der Waals surface area contributed by atoms with E-state index in [1.54, 1.807) is 0 Å². The Hall–Kier alpha value is -1.80. The molecule has 3 N–H and O–H groups in total. The summed E-state index contributed by atoms with van der Waals surface area (Å²) in [5.41, 5.74) is 8.87. The molecule has 14 heavy (non-hydrogen) atoms. The summed E-state index contributed by atoms with van der Waals surface area (Å²) in [7, 11) is 0. The van der Waals surface area contributed by atoms with Crippen molar-refractivity contribution in [3.8, 4) is 22.3 Å². The van der Waals surface area contributed by atoms with Crippen molar-refractivity contribution in [3.63, 3.8) is 0 Å². The molecule has 0 fully saturated rings. The number of nitrogens with one attached hydrogen (secondary N) is 1. The van der Waals surface area contributed by atoms with Crippen molar-refractivity contribution in [1.29, 1.82) is 0 Å². The van der Waals surface area contributed by atoms with Crippen molar-refractivity contribution < 1.29 is 0 Å². The van der Waals surface area contributed by atoms with Gasteiger partial charge in [-0.25, -0.2) is 0 Å². The maximum atomic E-state index is 5.46. The predicted octanol–water partition coefficient (Wildman–Crippen LogP) is 2.62. The van der Waals surface area contributed by atoms with Gasteiger partial charge in [0.15, 0.2) is 0 Å². The van der Waals surface area contributed by atoms with Gasteiger partial charge in [-0.05, 0) is 22.8 Å². The number of hydrazine groups is 1. The van der Waals surface area contributed by atoms with Crippen LogP contribution in [0.3, 0.4) is 0 Å². The Morgan fingerprint density at radius 3 is 2.29 bits per heavy atom. The molecule has 0 aliphatic heterocycles. The first-order chi connectivity index (χ1) is 6.92. The molecule has 1 aliphatic rings. The van der Waals surface area contributed by atoms with E-state index in [-0.39, 0.29) is 0 Å². The SMILES string of the molecule is NNc1cccc2c1-c1ccccc1-2. The van der Waals surface area contributed by atoms with Crippen LogP contribution in [0.5, 0.6) is 0 Å². The number of rotatable bonds is 1. The molecule has 0 saturated heterocycles. The molecule has 0 atom stereocenters. The lowest BCUT2D eigenvalue weighted by Gasteiger charge is -2.25. The Balaban J connectivity index is 2.28. The molecule has 3 rings (SSSR count). The van der Waals surface area contributed by atoms with E-state index in [9.17, 15) is 0 Å². The number of nitrogen functional groups attached to an aromatic ring is 1. The Kier molecular flexibility index (Phi) is 1.41. The third kappa shape index (κ3) is 0.783. The highest BCUT2D eigenvalue weighted by atomic mass is 15.2. The van der Waals surface area contributed by atoms with Crippen LogP contribution in [-0.4, -0.2) is 0 Å². The van der Waals surface area contributed by atoms with E-state index in [1.165, 1.54) is 22.3 Å². The quantitative estimate of drug-likeness (QED) is 0.448. The molecule has 2 aromatic rings. The van der Waals surface area contributed by atoms with Gasteiger partial charge in [-0.3, -0.25) is 5.84 Å². The average Bonchev–Trinajstić information content (AvgIpc) is 2.24. The zero-order chi connectivity index (χ0) is 9.54. The Bertz CT molecular complexity index is 503. The van der Waals surface area contributed by atoms with Crippen LogP contribution < -0.4 is 11.3 Å². The summed E-state index contributed by atoms with van der Waals surface area (Å²) < 4.78 is 0. The molecule has 2 aromatic carbocycles. The first-order valence-electron chi connectivity index (χ1n) is 4.61. The fourth-order valence-electron chi connectivity index (χ4n) is 2.06. The van der Waals surface area contributed by atoms with Crippen LogP contribution in [-0.2, 0) is 0 Å². The molecule has 0 unspecified atom stereocenters. The minimum absolute atomic E-state index is 1.00. The normalized spacial score (nSPS) is 11.2. The lowest BCUT2D eigenvalue weighted by atomic mass is 9.80. The number of anilines is 1. The Labute approximate surface area is 82.3 Å². The Morgan fingerprint density at radius 2 is 1.50 bits per heavy atom. The van der Waals surface area contributed by atoms with Gasteiger partial charge in [0.25, 0.3) is 0 Å². The number of fused-ring (bicyclic) bond motifs is 4. The number of hydrogen-bond donors (Lipinski definition) is 2. The lowest BCUT2D eigenvalue weighted by Crippen LogP contribution is -2.11. The smallest absolute Gasteiger partial charge is 0.0569 e. The summed E-state index contributed by atoms with van der Waals surface area (Å²) in [4.78, 5) is 0. The largest absolute Gasteiger partial charge is 0.323 e. The molecule has 68 valence electrons. The minimum Gasteiger partial charge on any atom is -0.323 e. The molecule has 0 aromatic heterocycles. The second kappa shape index (κ2) is 2.59. The first-order valence-corrected chi connectivity index (χ1v) is 4.61. The van der Waals surface area contributed by atoms with Crippen molar-refractivity contribution in [2.45, 2.75) is 0 Å². The highest BCUT2D eigenvalue weighted by Gasteiger charge is 2.23. The van der Waals surface area contributed by atoms with E-state index >= 15 is 0 Å². The van der Waals surface area contributed by atoms with E-state index in [4.69, 9.17) is 5.84 Å². The van der Waals surface area contributed by atoms with Gasteiger partial charge in [-0.2, -0.15) is 0 Å². The van der Waals surface area contributed by atoms with Gasteiger partial charge in [0, 0.05) is 5.56 Å². The van der Waals surface area contributed by atoms with E-state index < -0.39 is 0 Å². The monoisotopic (exact) mass is 182 g/mol. The van der Waals surface area contributed by atoms with Gasteiger partial charge < -0.3 is 5.43 Å². The van der Waals surface area contributed by atoms with E-state index in [2.05, 4.69) is 35.8 Å². The molecular weight excluding hydrogens is 172 g/mol. The molecule has 0 radical (unpaired) electrons. The molecule has 0 bridgehead atoms. The van der Waals surface area contributed by atoms with Crippen LogP contribution in [0.4, 0.5) is 5.69 Å². The standard InChI is InChI=1S/C12H10N2/c13-14-11-7-3-6-10-8-4-1-2-5-9(8)12(10)11/h1-7,14H,13H2. The van der Waals surface area contributed by atoms with Crippen LogP contribution in [0, 0.1) is 0 Å². The van der Waals surface area contributed by atoms with E-state index in [1.807, 2.05) is 12.1 Å². The topological polar surface area (TPSA) is 38.0 Å². The fourth-order valence-corrected chi connectivity index (χ4v) is 2.06. The Morgan fingerprint density at radius 1 is 0.786 bits per heavy atom. The molecule has 0 amide bonds. The van der Waals surface area contributed by atoms with Crippen molar-refractivity contribution in [3.05, 3.63) is 42.5 Å². The van der Waals surface area contributed by atoms with Crippen LogP contribution in [0.2, 0.25) is 0 Å². The second-order valence-corrected chi connectivity index (χ2v) is 3.42. The van der Waals surface area contributed by atoms with Crippen molar-refractivity contribution >= 4 is 5.69 Å².